The Morgan fingerprint density at radius 2 is 1.62 bits per heavy atom. The molecule has 8 heteroatoms. The monoisotopic (exact) mass is 467 g/mol. The molecule has 3 aromatic carbocycles. The van der Waals surface area contributed by atoms with Crippen molar-refractivity contribution in [1.29, 1.82) is 0 Å². The number of rotatable bonds is 7. The summed E-state index contributed by atoms with van der Waals surface area (Å²) in [5.74, 6) is 0.935. The SMILES string of the molecule is Cc1ccc(-c2cc(NC(=O)CSc3nnc(-c4ccccc4)o3)n(-c3ccccc3)n2)cc1. The van der Waals surface area contributed by atoms with Gasteiger partial charge in [-0.2, -0.15) is 5.10 Å². The van der Waals surface area contributed by atoms with Gasteiger partial charge in [-0.15, -0.1) is 10.2 Å². The maximum absolute atomic E-state index is 12.8. The molecule has 1 N–H and O–H groups in total. The second-order valence-corrected chi connectivity index (χ2v) is 8.53. The fourth-order valence-corrected chi connectivity index (χ4v) is 3.94. The molecule has 0 spiro atoms. The molecular formula is C26H21N5O2S. The number of aryl methyl sites for hydroxylation is 1. The zero-order valence-corrected chi connectivity index (χ0v) is 19.2. The van der Waals surface area contributed by atoms with Crippen LogP contribution in [-0.4, -0.2) is 31.6 Å². The van der Waals surface area contributed by atoms with Crippen LogP contribution < -0.4 is 5.32 Å². The molecule has 5 rings (SSSR count). The Morgan fingerprint density at radius 3 is 2.35 bits per heavy atom. The summed E-state index contributed by atoms with van der Waals surface area (Å²) in [6, 6.07) is 29.2. The lowest BCUT2D eigenvalue weighted by Gasteiger charge is -2.08. The van der Waals surface area contributed by atoms with Crippen LogP contribution in [-0.2, 0) is 4.79 Å². The molecule has 0 aliphatic rings. The third-order valence-corrected chi connectivity index (χ3v) is 5.90. The van der Waals surface area contributed by atoms with Gasteiger partial charge in [-0.05, 0) is 31.2 Å². The summed E-state index contributed by atoms with van der Waals surface area (Å²) in [4.78, 5) is 12.8. The summed E-state index contributed by atoms with van der Waals surface area (Å²) >= 11 is 1.19. The summed E-state index contributed by atoms with van der Waals surface area (Å²) in [7, 11) is 0. The van der Waals surface area contributed by atoms with Crippen LogP contribution in [0.1, 0.15) is 5.56 Å². The molecule has 0 radical (unpaired) electrons. The first kappa shape index (κ1) is 21.7. The lowest BCUT2D eigenvalue weighted by Crippen LogP contribution is -2.16. The first-order valence-electron chi connectivity index (χ1n) is 10.7. The third-order valence-electron chi connectivity index (χ3n) is 5.08. The number of anilines is 1. The Bertz CT molecular complexity index is 1400. The van der Waals surface area contributed by atoms with Gasteiger partial charge in [0, 0.05) is 17.2 Å². The van der Waals surface area contributed by atoms with E-state index in [0.717, 1.165) is 22.5 Å². The second-order valence-electron chi connectivity index (χ2n) is 7.60. The minimum atomic E-state index is -0.197. The first-order valence-corrected chi connectivity index (χ1v) is 11.7. The van der Waals surface area contributed by atoms with Crippen LogP contribution in [0.25, 0.3) is 28.4 Å². The van der Waals surface area contributed by atoms with Gasteiger partial charge in [-0.3, -0.25) is 4.79 Å². The lowest BCUT2D eigenvalue weighted by molar-refractivity contribution is -0.113. The average Bonchev–Trinajstić information content (AvgIpc) is 3.52. The Morgan fingerprint density at radius 1 is 0.912 bits per heavy atom. The topological polar surface area (TPSA) is 85.8 Å². The first-order chi connectivity index (χ1) is 16.7. The van der Waals surface area contributed by atoms with Gasteiger partial charge in [0.2, 0.25) is 11.8 Å². The molecule has 0 aliphatic heterocycles. The maximum atomic E-state index is 12.8. The molecule has 0 saturated heterocycles. The highest BCUT2D eigenvalue weighted by Crippen LogP contribution is 2.26. The molecular weight excluding hydrogens is 446 g/mol. The normalized spacial score (nSPS) is 10.9. The van der Waals surface area contributed by atoms with Crippen molar-refractivity contribution in [2.75, 3.05) is 11.1 Å². The average molecular weight is 468 g/mol. The van der Waals surface area contributed by atoms with Crippen LogP contribution in [0.4, 0.5) is 5.82 Å². The number of hydrogen-bond acceptors (Lipinski definition) is 6. The number of carbonyl (C=O) groups excluding carboxylic acids is 1. The van der Waals surface area contributed by atoms with Gasteiger partial charge in [0.1, 0.15) is 5.82 Å². The highest BCUT2D eigenvalue weighted by Gasteiger charge is 2.16. The zero-order chi connectivity index (χ0) is 23.3. The quantitative estimate of drug-likeness (QED) is 0.312. The fraction of sp³-hybridized carbons (Fsp3) is 0.0769. The Kier molecular flexibility index (Phi) is 6.22. The predicted molar refractivity (Wildman–Crippen MR) is 133 cm³/mol. The fourth-order valence-electron chi connectivity index (χ4n) is 3.37. The molecule has 7 nitrogen and oxygen atoms in total. The number of nitrogens with zero attached hydrogens (tertiary/aromatic N) is 4. The molecule has 0 saturated carbocycles. The summed E-state index contributed by atoms with van der Waals surface area (Å²) in [5, 5.41) is 16.2. The van der Waals surface area contributed by atoms with Crippen LogP contribution in [0.3, 0.4) is 0 Å². The van der Waals surface area contributed by atoms with Crippen LogP contribution in [0.2, 0.25) is 0 Å². The molecule has 0 aliphatic carbocycles. The van der Waals surface area contributed by atoms with Crippen molar-refractivity contribution >= 4 is 23.5 Å². The van der Waals surface area contributed by atoms with Crippen molar-refractivity contribution in [2.24, 2.45) is 0 Å². The molecule has 1 amide bonds. The Labute approximate surface area is 200 Å². The molecule has 0 fully saturated rings. The van der Waals surface area contributed by atoms with E-state index in [4.69, 9.17) is 9.52 Å². The van der Waals surface area contributed by atoms with Crippen molar-refractivity contribution in [3.8, 4) is 28.4 Å². The standard InChI is InChI=1S/C26H21N5O2S/c1-18-12-14-19(15-13-18)22-16-23(31(30-22)21-10-6-3-7-11-21)27-24(32)17-34-26-29-28-25(33-26)20-8-4-2-5-9-20/h2-16H,17H2,1H3,(H,27,32). The van der Waals surface area contributed by atoms with E-state index in [1.54, 1.807) is 4.68 Å². The minimum Gasteiger partial charge on any atom is -0.411 e. The van der Waals surface area contributed by atoms with E-state index in [-0.39, 0.29) is 11.7 Å². The van der Waals surface area contributed by atoms with Gasteiger partial charge in [0.15, 0.2) is 0 Å². The number of para-hydroxylation sites is 1. The van der Waals surface area contributed by atoms with Crippen molar-refractivity contribution in [3.05, 3.63) is 96.6 Å². The molecule has 2 aromatic heterocycles. The van der Waals surface area contributed by atoms with E-state index >= 15 is 0 Å². The van der Waals surface area contributed by atoms with Gasteiger partial charge in [-0.1, -0.05) is 78.0 Å². The van der Waals surface area contributed by atoms with Gasteiger partial charge in [0.25, 0.3) is 5.22 Å². The number of carbonyl (C=O) groups is 1. The number of nitrogens with one attached hydrogen (secondary N) is 1. The number of hydrogen-bond donors (Lipinski definition) is 1. The summed E-state index contributed by atoms with van der Waals surface area (Å²) in [5.41, 5.74) is 4.61. The van der Waals surface area contributed by atoms with E-state index < -0.39 is 0 Å². The molecule has 0 unspecified atom stereocenters. The molecule has 168 valence electrons. The number of benzene rings is 3. The zero-order valence-electron chi connectivity index (χ0n) is 18.4. The molecule has 0 bridgehead atoms. The number of thioether (sulfide) groups is 1. The maximum Gasteiger partial charge on any atom is 0.277 e. The van der Waals surface area contributed by atoms with Crippen molar-refractivity contribution < 1.29 is 9.21 Å². The third kappa shape index (κ3) is 4.92. The predicted octanol–water partition coefficient (Wildman–Crippen LogP) is 5.63. The van der Waals surface area contributed by atoms with E-state index in [2.05, 4.69) is 15.5 Å². The summed E-state index contributed by atoms with van der Waals surface area (Å²) < 4.78 is 7.41. The molecule has 34 heavy (non-hydrogen) atoms. The van der Waals surface area contributed by atoms with Gasteiger partial charge in [0.05, 0.1) is 17.1 Å². The van der Waals surface area contributed by atoms with Crippen LogP contribution in [0.15, 0.2) is 101 Å². The van der Waals surface area contributed by atoms with Crippen LogP contribution in [0.5, 0.6) is 0 Å². The minimum absolute atomic E-state index is 0.121. The van der Waals surface area contributed by atoms with Crippen LogP contribution >= 0.6 is 11.8 Å². The largest absolute Gasteiger partial charge is 0.411 e. The Balaban J connectivity index is 1.32. The van der Waals surface area contributed by atoms with Gasteiger partial charge in [-0.25, -0.2) is 4.68 Å². The van der Waals surface area contributed by atoms with Crippen LogP contribution in [0, 0.1) is 6.92 Å². The van der Waals surface area contributed by atoms with Crippen molar-refractivity contribution in [2.45, 2.75) is 12.1 Å². The summed E-state index contributed by atoms with van der Waals surface area (Å²) in [6.07, 6.45) is 0. The van der Waals surface area contributed by atoms with Gasteiger partial charge < -0.3 is 9.73 Å². The smallest absolute Gasteiger partial charge is 0.277 e. The number of aromatic nitrogens is 4. The summed E-state index contributed by atoms with van der Waals surface area (Å²) in [6.45, 7) is 2.04. The Hall–Kier alpha value is -4.17. The van der Waals surface area contributed by atoms with E-state index in [0.29, 0.717) is 16.9 Å². The lowest BCUT2D eigenvalue weighted by atomic mass is 10.1. The second kappa shape index (κ2) is 9.76. The highest BCUT2D eigenvalue weighted by atomic mass is 32.2. The van der Waals surface area contributed by atoms with E-state index in [9.17, 15) is 4.79 Å². The number of amides is 1. The van der Waals surface area contributed by atoms with Crippen molar-refractivity contribution in [3.63, 3.8) is 0 Å². The van der Waals surface area contributed by atoms with Gasteiger partial charge >= 0.3 is 0 Å². The van der Waals surface area contributed by atoms with E-state index in [1.165, 1.54) is 17.3 Å². The molecule has 0 atom stereocenters. The molecule has 5 aromatic rings. The highest BCUT2D eigenvalue weighted by molar-refractivity contribution is 7.99. The molecule has 2 heterocycles. The van der Waals surface area contributed by atoms with E-state index in [1.807, 2.05) is 97.9 Å². The van der Waals surface area contributed by atoms with Crippen molar-refractivity contribution in [1.82, 2.24) is 20.0 Å².